The number of hydrogen-bond acceptors (Lipinski definition) is 4. The molecule has 0 fully saturated rings. The third kappa shape index (κ3) is 2.13. The summed E-state index contributed by atoms with van der Waals surface area (Å²) in [5.74, 6) is 1.43. The van der Waals surface area contributed by atoms with Crippen LogP contribution in [0.5, 0.6) is 11.5 Å². The maximum absolute atomic E-state index is 6.38. The van der Waals surface area contributed by atoms with Crippen LogP contribution in [0.1, 0.15) is 24.2 Å². The lowest BCUT2D eigenvalue weighted by Gasteiger charge is -2.24. The second kappa shape index (κ2) is 5.34. The van der Waals surface area contributed by atoms with Gasteiger partial charge in [0.2, 0.25) is 0 Å². The van der Waals surface area contributed by atoms with Crippen molar-refractivity contribution in [2.24, 2.45) is 5.73 Å². The number of ether oxygens (including phenoxy) is 2. The van der Waals surface area contributed by atoms with Crippen molar-refractivity contribution in [3.63, 3.8) is 0 Å². The molecule has 0 aliphatic carbocycles. The molecule has 6 heteroatoms. The molecule has 0 saturated carbocycles. The molecule has 2 aromatic rings. The number of fused-ring (bicyclic) bond motifs is 1. The number of aromatic nitrogens is 2. The molecule has 1 atom stereocenters. The highest BCUT2D eigenvalue weighted by atomic mass is 35.5. The summed E-state index contributed by atoms with van der Waals surface area (Å²) in [6.45, 7) is 3.79. The Hall–Kier alpha value is -1.72. The first-order valence-corrected chi connectivity index (χ1v) is 6.95. The smallest absolute Gasteiger partial charge is 0.166 e. The third-order valence-electron chi connectivity index (χ3n) is 3.36. The van der Waals surface area contributed by atoms with Crippen molar-refractivity contribution in [1.29, 1.82) is 0 Å². The van der Waals surface area contributed by atoms with Crippen molar-refractivity contribution in [2.45, 2.75) is 19.5 Å². The van der Waals surface area contributed by atoms with E-state index < -0.39 is 6.04 Å². The lowest BCUT2D eigenvalue weighted by molar-refractivity contribution is 0.169. The molecule has 5 nitrogen and oxygen atoms in total. The zero-order chi connectivity index (χ0) is 14.1. The Labute approximate surface area is 122 Å². The minimum absolute atomic E-state index is 0.401. The molecular weight excluding hydrogens is 278 g/mol. The van der Waals surface area contributed by atoms with Gasteiger partial charge < -0.3 is 15.2 Å². The minimum Gasteiger partial charge on any atom is -0.486 e. The van der Waals surface area contributed by atoms with Crippen molar-refractivity contribution >= 4 is 11.6 Å². The number of para-hydroxylation sites is 1. The highest BCUT2D eigenvalue weighted by molar-refractivity contribution is 6.31. The van der Waals surface area contributed by atoms with E-state index in [0.29, 0.717) is 30.5 Å². The van der Waals surface area contributed by atoms with Gasteiger partial charge in [0, 0.05) is 12.1 Å². The molecule has 106 valence electrons. The van der Waals surface area contributed by atoms with Gasteiger partial charge in [-0.3, -0.25) is 4.68 Å². The van der Waals surface area contributed by atoms with E-state index in [1.807, 2.05) is 25.1 Å². The summed E-state index contributed by atoms with van der Waals surface area (Å²) in [4.78, 5) is 0. The predicted octanol–water partition coefficient (Wildman–Crippen LogP) is 2.38. The molecule has 1 aliphatic rings. The molecule has 2 N–H and O–H groups in total. The van der Waals surface area contributed by atoms with Crippen LogP contribution >= 0.6 is 11.6 Å². The standard InChI is InChI=1S/C14H16ClN3O2/c1-2-18-13(10(15)8-17-18)12(16)9-4-3-5-11-14(9)20-7-6-19-11/h3-5,8,12H,2,6-7,16H2,1H3. The van der Waals surface area contributed by atoms with Gasteiger partial charge in [-0.2, -0.15) is 5.10 Å². The molecule has 0 amide bonds. The Balaban J connectivity index is 2.06. The van der Waals surface area contributed by atoms with E-state index >= 15 is 0 Å². The summed E-state index contributed by atoms with van der Waals surface area (Å²) in [7, 11) is 0. The maximum Gasteiger partial charge on any atom is 0.166 e. The number of benzene rings is 1. The van der Waals surface area contributed by atoms with Crippen molar-refractivity contribution in [1.82, 2.24) is 9.78 Å². The zero-order valence-corrected chi connectivity index (χ0v) is 11.9. The number of hydrogen-bond donors (Lipinski definition) is 1. The SMILES string of the molecule is CCn1ncc(Cl)c1C(N)c1cccc2c1OCCO2. The fourth-order valence-corrected chi connectivity index (χ4v) is 2.68. The van der Waals surface area contributed by atoms with Crippen molar-refractivity contribution in [3.05, 3.63) is 40.7 Å². The van der Waals surface area contributed by atoms with E-state index in [4.69, 9.17) is 26.8 Å². The van der Waals surface area contributed by atoms with E-state index in [9.17, 15) is 0 Å². The molecule has 20 heavy (non-hydrogen) atoms. The first-order valence-electron chi connectivity index (χ1n) is 6.57. The van der Waals surface area contributed by atoms with Crippen LogP contribution in [0.2, 0.25) is 5.02 Å². The Kier molecular flexibility index (Phi) is 3.54. The van der Waals surface area contributed by atoms with Gasteiger partial charge >= 0.3 is 0 Å². The second-order valence-electron chi connectivity index (χ2n) is 4.54. The third-order valence-corrected chi connectivity index (χ3v) is 3.65. The second-order valence-corrected chi connectivity index (χ2v) is 4.95. The van der Waals surface area contributed by atoms with Gasteiger partial charge in [-0.15, -0.1) is 0 Å². The van der Waals surface area contributed by atoms with Gasteiger partial charge in [-0.1, -0.05) is 23.7 Å². The predicted molar refractivity (Wildman–Crippen MR) is 76.4 cm³/mol. The lowest BCUT2D eigenvalue weighted by Crippen LogP contribution is -2.22. The summed E-state index contributed by atoms with van der Waals surface area (Å²) in [6, 6.07) is 5.32. The Morgan fingerprint density at radius 2 is 2.20 bits per heavy atom. The van der Waals surface area contributed by atoms with Gasteiger partial charge in [-0.05, 0) is 13.0 Å². The van der Waals surface area contributed by atoms with Crippen LogP contribution in [0.3, 0.4) is 0 Å². The van der Waals surface area contributed by atoms with E-state index in [-0.39, 0.29) is 0 Å². The fraction of sp³-hybridized carbons (Fsp3) is 0.357. The normalized spacial score (nSPS) is 15.2. The van der Waals surface area contributed by atoms with E-state index in [1.54, 1.807) is 10.9 Å². The van der Waals surface area contributed by atoms with Crippen LogP contribution < -0.4 is 15.2 Å². The van der Waals surface area contributed by atoms with Crippen LogP contribution in [-0.4, -0.2) is 23.0 Å². The summed E-state index contributed by atoms with van der Waals surface area (Å²) in [5, 5.41) is 4.79. The van der Waals surface area contributed by atoms with Crippen molar-refractivity contribution in [3.8, 4) is 11.5 Å². The van der Waals surface area contributed by atoms with Gasteiger partial charge in [0.15, 0.2) is 11.5 Å². The summed E-state index contributed by atoms with van der Waals surface area (Å²) >= 11 is 6.22. The average Bonchev–Trinajstić information content (AvgIpc) is 2.87. The molecule has 1 aromatic carbocycles. The van der Waals surface area contributed by atoms with Crippen molar-refractivity contribution < 1.29 is 9.47 Å². The van der Waals surface area contributed by atoms with Crippen molar-refractivity contribution in [2.75, 3.05) is 13.2 Å². The van der Waals surface area contributed by atoms with Crippen LogP contribution in [-0.2, 0) is 6.54 Å². The monoisotopic (exact) mass is 293 g/mol. The highest BCUT2D eigenvalue weighted by Crippen LogP contribution is 2.39. The molecule has 0 saturated heterocycles. The molecule has 0 spiro atoms. The number of nitrogens with two attached hydrogens (primary N) is 1. The Morgan fingerprint density at radius 1 is 1.40 bits per heavy atom. The molecule has 3 rings (SSSR count). The summed E-state index contributed by atoms with van der Waals surface area (Å²) in [6.07, 6.45) is 1.62. The molecule has 1 aromatic heterocycles. The number of aryl methyl sites for hydroxylation is 1. The summed E-state index contributed by atoms with van der Waals surface area (Å²) < 4.78 is 13.1. The van der Waals surface area contributed by atoms with Crippen LogP contribution in [0.25, 0.3) is 0 Å². The fourth-order valence-electron chi connectivity index (χ4n) is 2.42. The van der Waals surface area contributed by atoms with Gasteiger partial charge in [-0.25, -0.2) is 0 Å². The topological polar surface area (TPSA) is 62.3 Å². The van der Waals surface area contributed by atoms with Gasteiger partial charge in [0.1, 0.15) is 13.2 Å². The van der Waals surface area contributed by atoms with Gasteiger partial charge in [0.05, 0.1) is 23.0 Å². The minimum atomic E-state index is -0.401. The molecule has 1 aliphatic heterocycles. The number of rotatable bonds is 3. The average molecular weight is 294 g/mol. The molecule has 2 heterocycles. The Bertz CT molecular complexity index is 627. The van der Waals surface area contributed by atoms with Crippen LogP contribution in [0.15, 0.2) is 24.4 Å². The number of nitrogens with zero attached hydrogens (tertiary/aromatic N) is 2. The van der Waals surface area contributed by atoms with Gasteiger partial charge in [0.25, 0.3) is 0 Å². The van der Waals surface area contributed by atoms with E-state index in [0.717, 1.165) is 17.0 Å². The zero-order valence-electron chi connectivity index (χ0n) is 11.2. The van der Waals surface area contributed by atoms with E-state index in [2.05, 4.69) is 5.10 Å². The first kappa shape index (κ1) is 13.3. The van der Waals surface area contributed by atoms with Crippen LogP contribution in [0, 0.1) is 0 Å². The molecule has 1 unspecified atom stereocenters. The largest absolute Gasteiger partial charge is 0.486 e. The first-order chi connectivity index (χ1) is 9.72. The maximum atomic E-state index is 6.38. The summed E-state index contributed by atoms with van der Waals surface area (Å²) in [5.41, 5.74) is 8.03. The Morgan fingerprint density at radius 3 is 3.00 bits per heavy atom. The molecule has 0 bridgehead atoms. The lowest BCUT2D eigenvalue weighted by atomic mass is 10.0. The highest BCUT2D eigenvalue weighted by Gasteiger charge is 2.24. The van der Waals surface area contributed by atoms with Crippen LogP contribution in [0.4, 0.5) is 0 Å². The quantitative estimate of drug-likeness (QED) is 0.944. The molecular formula is C14H16ClN3O2. The van der Waals surface area contributed by atoms with E-state index in [1.165, 1.54) is 0 Å². The molecule has 0 radical (unpaired) electrons. The number of halogens is 1.